The van der Waals surface area contributed by atoms with Gasteiger partial charge in [-0.1, -0.05) is 12.1 Å². The first kappa shape index (κ1) is 21.4. The third kappa shape index (κ3) is 3.61. The number of ketones is 1. The van der Waals surface area contributed by atoms with Crippen molar-refractivity contribution in [3.63, 3.8) is 0 Å². The molecule has 0 aliphatic carbocycles. The first-order chi connectivity index (χ1) is 15.8. The molecule has 170 valence electrons. The van der Waals surface area contributed by atoms with Crippen LogP contribution in [0.5, 0.6) is 5.75 Å². The van der Waals surface area contributed by atoms with E-state index in [2.05, 4.69) is 0 Å². The molecule has 0 radical (unpaired) electrons. The first-order valence-electron chi connectivity index (χ1n) is 11.3. The van der Waals surface area contributed by atoms with Crippen LogP contribution in [0.3, 0.4) is 0 Å². The van der Waals surface area contributed by atoms with Crippen molar-refractivity contribution in [3.8, 4) is 5.75 Å². The molecule has 33 heavy (non-hydrogen) atoms. The predicted octanol–water partition coefficient (Wildman–Crippen LogP) is 3.32. The molecule has 3 amide bonds. The summed E-state index contributed by atoms with van der Waals surface area (Å²) in [7, 11) is 0. The van der Waals surface area contributed by atoms with E-state index in [0.717, 1.165) is 16.0 Å². The van der Waals surface area contributed by atoms with E-state index in [1.54, 1.807) is 29.2 Å². The highest BCUT2D eigenvalue weighted by atomic mass is 16.5. The molecule has 2 aromatic carbocycles. The van der Waals surface area contributed by atoms with Gasteiger partial charge in [-0.05, 0) is 49.2 Å². The Kier molecular flexibility index (Phi) is 5.07. The number of fused-ring (bicyclic) bond motifs is 2. The van der Waals surface area contributed by atoms with Gasteiger partial charge >= 0.3 is 0 Å². The van der Waals surface area contributed by atoms with Crippen molar-refractivity contribution in [1.82, 2.24) is 9.80 Å². The highest BCUT2D eigenvalue weighted by Crippen LogP contribution is 2.40. The highest BCUT2D eigenvalue weighted by molar-refractivity contribution is 6.21. The van der Waals surface area contributed by atoms with E-state index >= 15 is 0 Å². The van der Waals surface area contributed by atoms with E-state index in [0.29, 0.717) is 54.8 Å². The number of likely N-dealkylation sites (tertiary alicyclic amines) is 1. The summed E-state index contributed by atoms with van der Waals surface area (Å²) in [5.74, 6) is -0.0708. The zero-order valence-electron chi connectivity index (χ0n) is 18.8. The topological polar surface area (TPSA) is 84.0 Å². The maximum atomic E-state index is 12.8. The average Bonchev–Trinajstić information content (AvgIpc) is 3.04. The predicted molar refractivity (Wildman–Crippen MR) is 120 cm³/mol. The number of ether oxygens (including phenoxy) is 1. The van der Waals surface area contributed by atoms with Crippen LogP contribution in [0.2, 0.25) is 0 Å². The Hall–Kier alpha value is -3.48. The summed E-state index contributed by atoms with van der Waals surface area (Å²) in [4.78, 5) is 53.5. The standard InChI is InChI=1S/C26H26N2O5/c1-16-13-20-21(29)15-26(33-22(20)14-17(16)2)8-11-27(12-9-26)23(30)7-10-28-24(31)18-5-3-4-6-19(18)25(28)32/h3-6,13-14H,7-12,15H2,1-2H3. The summed E-state index contributed by atoms with van der Waals surface area (Å²) in [5.41, 5.74) is 2.99. The Balaban J connectivity index is 1.20. The maximum Gasteiger partial charge on any atom is 0.261 e. The van der Waals surface area contributed by atoms with E-state index < -0.39 is 5.60 Å². The van der Waals surface area contributed by atoms with Crippen molar-refractivity contribution in [2.24, 2.45) is 0 Å². The lowest BCUT2D eigenvalue weighted by molar-refractivity contribution is -0.134. The number of nitrogens with zero attached hydrogens (tertiary/aromatic N) is 2. The van der Waals surface area contributed by atoms with Gasteiger partial charge in [0, 0.05) is 38.9 Å². The molecule has 1 spiro atoms. The number of imide groups is 1. The van der Waals surface area contributed by atoms with Crippen LogP contribution in [-0.4, -0.2) is 58.5 Å². The van der Waals surface area contributed by atoms with Crippen molar-refractivity contribution in [2.45, 2.75) is 45.1 Å². The number of piperidine rings is 1. The summed E-state index contributed by atoms with van der Waals surface area (Å²) in [6.45, 7) is 5.01. The zero-order chi connectivity index (χ0) is 23.3. The number of rotatable bonds is 3. The Morgan fingerprint density at radius 2 is 1.55 bits per heavy atom. The Labute approximate surface area is 192 Å². The second kappa shape index (κ2) is 7.83. The van der Waals surface area contributed by atoms with E-state index in [4.69, 9.17) is 4.74 Å². The number of Topliss-reactive ketones (excluding diaryl/α,β-unsaturated/α-hetero) is 1. The molecule has 3 aliphatic heterocycles. The molecule has 3 heterocycles. The van der Waals surface area contributed by atoms with E-state index in [-0.39, 0.29) is 36.5 Å². The van der Waals surface area contributed by atoms with Crippen molar-refractivity contribution in [2.75, 3.05) is 19.6 Å². The van der Waals surface area contributed by atoms with Crippen LogP contribution < -0.4 is 4.74 Å². The van der Waals surface area contributed by atoms with E-state index in [1.165, 1.54) is 0 Å². The third-order valence-electron chi connectivity index (χ3n) is 7.16. The Morgan fingerprint density at radius 3 is 2.18 bits per heavy atom. The number of hydrogen-bond donors (Lipinski definition) is 0. The summed E-state index contributed by atoms with van der Waals surface area (Å²) in [5, 5.41) is 0. The van der Waals surface area contributed by atoms with Gasteiger partial charge in [0.25, 0.3) is 11.8 Å². The monoisotopic (exact) mass is 446 g/mol. The number of carbonyl (C=O) groups excluding carboxylic acids is 4. The number of amides is 3. The smallest absolute Gasteiger partial charge is 0.261 e. The van der Waals surface area contributed by atoms with Crippen LogP contribution in [0.1, 0.15) is 67.9 Å². The number of benzene rings is 2. The quantitative estimate of drug-likeness (QED) is 0.676. The van der Waals surface area contributed by atoms with Gasteiger partial charge in [0.1, 0.15) is 11.4 Å². The molecule has 2 aromatic rings. The molecule has 1 saturated heterocycles. The number of carbonyl (C=O) groups is 4. The molecule has 0 saturated carbocycles. The minimum Gasteiger partial charge on any atom is -0.486 e. The van der Waals surface area contributed by atoms with Gasteiger partial charge in [0.05, 0.1) is 23.1 Å². The lowest BCUT2D eigenvalue weighted by atomic mass is 9.82. The molecular weight excluding hydrogens is 420 g/mol. The van der Waals surface area contributed by atoms with Crippen LogP contribution in [0, 0.1) is 13.8 Å². The molecule has 0 bridgehead atoms. The molecule has 3 aliphatic rings. The van der Waals surface area contributed by atoms with E-state index in [9.17, 15) is 19.2 Å². The van der Waals surface area contributed by atoms with Gasteiger partial charge in [-0.2, -0.15) is 0 Å². The number of aryl methyl sites for hydroxylation is 2. The lowest BCUT2D eigenvalue weighted by Crippen LogP contribution is -2.52. The summed E-state index contributed by atoms with van der Waals surface area (Å²) >= 11 is 0. The third-order valence-corrected chi connectivity index (χ3v) is 7.16. The van der Waals surface area contributed by atoms with Crippen LogP contribution in [0.25, 0.3) is 0 Å². The summed E-state index contributed by atoms with van der Waals surface area (Å²) in [6, 6.07) is 10.5. The minimum absolute atomic E-state index is 0.0633. The van der Waals surface area contributed by atoms with Gasteiger partial charge in [0.15, 0.2) is 5.78 Å². The molecule has 7 nitrogen and oxygen atoms in total. The highest BCUT2D eigenvalue weighted by Gasteiger charge is 2.44. The molecule has 0 atom stereocenters. The fourth-order valence-electron chi connectivity index (χ4n) is 5.00. The minimum atomic E-state index is -0.578. The van der Waals surface area contributed by atoms with Gasteiger partial charge < -0.3 is 9.64 Å². The maximum absolute atomic E-state index is 12.8. The lowest BCUT2D eigenvalue weighted by Gasteiger charge is -2.44. The molecule has 7 heteroatoms. The van der Waals surface area contributed by atoms with Crippen molar-refractivity contribution < 1.29 is 23.9 Å². The fraction of sp³-hybridized carbons (Fsp3) is 0.385. The first-order valence-corrected chi connectivity index (χ1v) is 11.3. The second-order valence-electron chi connectivity index (χ2n) is 9.26. The molecule has 1 fully saturated rings. The Bertz CT molecular complexity index is 1160. The summed E-state index contributed by atoms with van der Waals surface area (Å²) in [6.07, 6.45) is 1.55. The SMILES string of the molecule is Cc1cc2c(cc1C)C(=O)CC1(CCN(C(=O)CCN3C(=O)c4ccccc4C3=O)CC1)O2. The normalized spacial score (nSPS) is 18.9. The van der Waals surface area contributed by atoms with Crippen LogP contribution in [0.15, 0.2) is 36.4 Å². The van der Waals surface area contributed by atoms with Gasteiger partial charge in [-0.25, -0.2) is 0 Å². The fourth-order valence-corrected chi connectivity index (χ4v) is 5.00. The molecule has 0 aromatic heterocycles. The number of hydrogen-bond acceptors (Lipinski definition) is 5. The summed E-state index contributed by atoms with van der Waals surface area (Å²) < 4.78 is 6.34. The van der Waals surface area contributed by atoms with Crippen molar-refractivity contribution in [3.05, 3.63) is 64.2 Å². The van der Waals surface area contributed by atoms with Gasteiger partial charge in [0.2, 0.25) is 5.91 Å². The molecular formula is C26H26N2O5. The molecule has 0 unspecified atom stereocenters. The van der Waals surface area contributed by atoms with Crippen LogP contribution >= 0.6 is 0 Å². The largest absolute Gasteiger partial charge is 0.486 e. The van der Waals surface area contributed by atoms with Crippen molar-refractivity contribution >= 4 is 23.5 Å². The van der Waals surface area contributed by atoms with Crippen LogP contribution in [0.4, 0.5) is 0 Å². The van der Waals surface area contributed by atoms with Gasteiger partial charge in [-0.3, -0.25) is 24.1 Å². The van der Waals surface area contributed by atoms with Crippen LogP contribution in [-0.2, 0) is 4.79 Å². The average molecular weight is 447 g/mol. The van der Waals surface area contributed by atoms with Gasteiger partial charge in [-0.15, -0.1) is 0 Å². The Morgan fingerprint density at radius 1 is 0.939 bits per heavy atom. The zero-order valence-corrected chi connectivity index (χ0v) is 18.8. The second-order valence-corrected chi connectivity index (χ2v) is 9.26. The molecule has 5 rings (SSSR count). The molecule has 0 N–H and O–H groups in total. The van der Waals surface area contributed by atoms with E-state index in [1.807, 2.05) is 26.0 Å². The van der Waals surface area contributed by atoms with Crippen molar-refractivity contribution in [1.29, 1.82) is 0 Å².